The molecule has 11 nitrogen and oxygen atoms in total. The van der Waals surface area contributed by atoms with Crippen LogP contribution in [-0.2, 0) is 20.9 Å². The highest BCUT2D eigenvalue weighted by atomic mass is 32.2. The summed E-state index contributed by atoms with van der Waals surface area (Å²) in [6, 6.07) is 6.68. The van der Waals surface area contributed by atoms with E-state index >= 15 is 0 Å². The van der Waals surface area contributed by atoms with E-state index in [1.807, 2.05) is 0 Å². The number of hydrogen-bond donors (Lipinski definition) is 1. The highest BCUT2D eigenvalue weighted by Crippen LogP contribution is 2.35. The van der Waals surface area contributed by atoms with Gasteiger partial charge in [0.1, 0.15) is 22.9 Å². The van der Waals surface area contributed by atoms with Gasteiger partial charge in [0.05, 0.1) is 18.4 Å². The van der Waals surface area contributed by atoms with Crippen molar-refractivity contribution in [2.24, 2.45) is 0 Å². The molecule has 0 bridgehead atoms. The zero-order chi connectivity index (χ0) is 29.2. The lowest BCUT2D eigenvalue weighted by Gasteiger charge is -2.22. The van der Waals surface area contributed by atoms with Crippen LogP contribution in [0.5, 0.6) is 5.88 Å². The summed E-state index contributed by atoms with van der Waals surface area (Å²) in [5.74, 6) is -1.89. The van der Waals surface area contributed by atoms with Crippen LogP contribution in [0, 0.1) is 12.7 Å². The van der Waals surface area contributed by atoms with Crippen molar-refractivity contribution in [2.75, 3.05) is 18.9 Å². The molecule has 0 saturated heterocycles. The van der Waals surface area contributed by atoms with Gasteiger partial charge in [0.15, 0.2) is 11.6 Å². The van der Waals surface area contributed by atoms with E-state index in [0.29, 0.717) is 12.1 Å². The molecule has 0 aliphatic carbocycles. The zero-order valence-electron chi connectivity index (χ0n) is 21.5. The first-order valence-corrected chi connectivity index (χ1v) is 13.1. The van der Waals surface area contributed by atoms with E-state index in [1.54, 1.807) is 13.0 Å². The van der Waals surface area contributed by atoms with Crippen LogP contribution in [0.2, 0.25) is 0 Å². The number of aromatic nitrogens is 6. The smallest absolute Gasteiger partial charge is 0.419 e. The number of nitrogens with zero attached hydrogens (tertiary/aromatic N) is 6. The number of pyridine rings is 1. The van der Waals surface area contributed by atoms with Gasteiger partial charge >= 0.3 is 6.18 Å². The van der Waals surface area contributed by atoms with Gasteiger partial charge in [-0.25, -0.2) is 27.8 Å². The van der Waals surface area contributed by atoms with E-state index in [-0.39, 0.29) is 28.9 Å². The third-order valence-corrected chi connectivity index (χ3v) is 7.49. The molecular weight excluding hydrogens is 558 g/mol. The summed E-state index contributed by atoms with van der Waals surface area (Å²) >= 11 is 0. The Balaban J connectivity index is 1.83. The third kappa shape index (κ3) is 5.86. The number of methoxy groups -OCH3 is 2. The molecule has 1 aromatic carbocycles. The van der Waals surface area contributed by atoms with Crippen LogP contribution in [0.15, 0.2) is 48.8 Å². The number of nitrogens with one attached hydrogen (secondary N) is 1. The highest BCUT2D eigenvalue weighted by molar-refractivity contribution is 7.93. The van der Waals surface area contributed by atoms with Crippen LogP contribution >= 0.6 is 0 Å². The van der Waals surface area contributed by atoms with Crippen LogP contribution in [-0.4, -0.2) is 57.6 Å². The van der Waals surface area contributed by atoms with Crippen LogP contribution in [0.25, 0.3) is 17.2 Å². The number of rotatable bonds is 9. The molecule has 0 amide bonds. The number of halogens is 4. The monoisotopic (exact) mass is 581 g/mol. The molecule has 0 saturated carbocycles. The predicted octanol–water partition coefficient (Wildman–Crippen LogP) is 4.11. The predicted molar refractivity (Wildman–Crippen MR) is 135 cm³/mol. The van der Waals surface area contributed by atoms with E-state index < -0.39 is 44.9 Å². The van der Waals surface area contributed by atoms with Crippen molar-refractivity contribution in [3.63, 3.8) is 0 Å². The van der Waals surface area contributed by atoms with Crippen LogP contribution < -0.4 is 9.46 Å². The number of benzene rings is 1. The Labute approximate surface area is 226 Å². The molecule has 0 aliphatic heterocycles. The van der Waals surface area contributed by atoms with Crippen molar-refractivity contribution in [3.8, 4) is 23.1 Å². The van der Waals surface area contributed by atoms with Gasteiger partial charge in [-0.05, 0) is 43.7 Å². The number of hydrogen-bond acceptors (Lipinski definition) is 9. The average Bonchev–Trinajstić information content (AvgIpc) is 3.32. The molecule has 0 fully saturated rings. The Hall–Kier alpha value is -4.18. The van der Waals surface area contributed by atoms with Gasteiger partial charge in [0.25, 0.3) is 0 Å². The summed E-state index contributed by atoms with van der Waals surface area (Å²) in [6.45, 7) is 3.10. The van der Waals surface area contributed by atoms with Crippen molar-refractivity contribution >= 4 is 16.0 Å². The molecule has 1 N–H and O–H groups in total. The number of anilines is 1. The summed E-state index contributed by atoms with van der Waals surface area (Å²) < 4.78 is 95.3. The third-order valence-electron chi connectivity index (χ3n) is 5.80. The maximum absolute atomic E-state index is 14.1. The molecule has 16 heteroatoms. The maximum atomic E-state index is 14.1. The van der Waals surface area contributed by atoms with Gasteiger partial charge in [0.2, 0.25) is 21.9 Å². The Morgan fingerprint density at radius 2 is 1.75 bits per heavy atom. The van der Waals surface area contributed by atoms with Gasteiger partial charge in [-0.2, -0.15) is 13.2 Å². The van der Waals surface area contributed by atoms with Crippen LogP contribution in [0.3, 0.4) is 0 Å². The SMILES string of the molecule is COc1cccc(-c2nnc(NS(=O)(=O)C(C)C(OC)c3ncc(C)cn3)n2-c2ccc(F)c(C(F)(F)F)c2)n1. The van der Waals surface area contributed by atoms with Crippen LogP contribution in [0.1, 0.15) is 30.0 Å². The van der Waals surface area contributed by atoms with E-state index in [9.17, 15) is 26.0 Å². The van der Waals surface area contributed by atoms with Gasteiger partial charge in [-0.3, -0.25) is 9.29 Å². The number of aryl methyl sites for hydroxylation is 1. The molecule has 0 spiro atoms. The van der Waals surface area contributed by atoms with Gasteiger partial charge in [-0.1, -0.05) is 6.07 Å². The summed E-state index contributed by atoms with van der Waals surface area (Å²) in [5, 5.41) is 6.53. The van der Waals surface area contributed by atoms with E-state index in [1.165, 1.54) is 45.7 Å². The van der Waals surface area contributed by atoms with Gasteiger partial charge in [0, 0.05) is 25.6 Å². The topological polar surface area (TPSA) is 134 Å². The largest absolute Gasteiger partial charge is 0.481 e. The molecular formula is C24H23F4N7O4S. The fourth-order valence-corrected chi connectivity index (χ4v) is 4.85. The second-order valence-corrected chi connectivity index (χ2v) is 10.6. The second-order valence-electron chi connectivity index (χ2n) is 8.54. The lowest BCUT2D eigenvalue weighted by molar-refractivity contribution is -0.140. The molecule has 212 valence electrons. The Morgan fingerprint density at radius 1 is 1.05 bits per heavy atom. The molecule has 3 heterocycles. The van der Waals surface area contributed by atoms with Gasteiger partial charge < -0.3 is 9.47 Å². The molecule has 4 rings (SSSR count). The fraction of sp³-hybridized carbons (Fsp3) is 0.292. The molecule has 0 aliphatic rings. The highest BCUT2D eigenvalue weighted by Gasteiger charge is 2.36. The standard InChI is InChI=1S/C24H23F4N7O4S/c1-13-11-29-21(30-12-13)20(39-4)14(2)40(36,37)34-23-33-32-22(18-6-5-7-19(31-18)38-3)35(23)15-8-9-17(25)16(10-15)24(26,27)28/h5-12,14,20H,1-4H3,(H,33,34). The normalized spacial score (nSPS) is 13.6. The molecule has 2 unspecified atom stereocenters. The van der Waals surface area contributed by atoms with Crippen molar-refractivity contribution in [1.82, 2.24) is 29.7 Å². The molecule has 4 aromatic rings. The molecule has 0 radical (unpaired) electrons. The molecule has 3 aromatic heterocycles. The maximum Gasteiger partial charge on any atom is 0.419 e. The molecule has 2 atom stereocenters. The van der Waals surface area contributed by atoms with Crippen molar-refractivity contribution in [2.45, 2.75) is 31.4 Å². The summed E-state index contributed by atoms with van der Waals surface area (Å²) in [6.07, 6.45) is -3.15. The van der Waals surface area contributed by atoms with E-state index in [0.717, 1.165) is 16.2 Å². The first kappa shape index (κ1) is 28.8. The quantitative estimate of drug-likeness (QED) is 0.290. The minimum atomic E-state index is -5.03. The first-order valence-electron chi connectivity index (χ1n) is 11.5. The van der Waals surface area contributed by atoms with E-state index in [4.69, 9.17) is 9.47 Å². The summed E-state index contributed by atoms with van der Waals surface area (Å²) in [5.41, 5.74) is -1.02. The average molecular weight is 582 g/mol. The fourth-order valence-electron chi connectivity index (χ4n) is 3.72. The zero-order valence-corrected chi connectivity index (χ0v) is 22.3. The summed E-state index contributed by atoms with van der Waals surface area (Å²) in [7, 11) is -1.72. The minimum Gasteiger partial charge on any atom is -0.481 e. The number of ether oxygens (including phenoxy) is 2. The van der Waals surface area contributed by atoms with Crippen molar-refractivity contribution in [1.29, 1.82) is 0 Å². The Bertz CT molecular complexity index is 1610. The summed E-state index contributed by atoms with van der Waals surface area (Å²) in [4.78, 5) is 12.5. The first-order chi connectivity index (χ1) is 18.9. The number of sulfonamides is 1. The van der Waals surface area contributed by atoms with E-state index in [2.05, 4.69) is 29.9 Å². The molecule has 40 heavy (non-hydrogen) atoms. The lowest BCUT2D eigenvalue weighted by Crippen LogP contribution is -2.33. The second kappa shape index (κ2) is 11.1. The Morgan fingerprint density at radius 3 is 2.38 bits per heavy atom. The Kier molecular flexibility index (Phi) is 8.02. The van der Waals surface area contributed by atoms with Crippen LogP contribution in [0.4, 0.5) is 23.5 Å². The van der Waals surface area contributed by atoms with Crippen molar-refractivity contribution < 1.29 is 35.5 Å². The van der Waals surface area contributed by atoms with Crippen molar-refractivity contribution in [3.05, 3.63) is 71.6 Å². The van der Waals surface area contributed by atoms with Gasteiger partial charge in [-0.15, -0.1) is 10.2 Å². The lowest BCUT2D eigenvalue weighted by atomic mass is 10.1. The number of alkyl halides is 3. The minimum absolute atomic E-state index is 0.0889.